The van der Waals surface area contributed by atoms with Gasteiger partial charge in [-0.2, -0.15) is 0 Å². The third kappa shape index (κ3) is 2.95. The summed E-state index contributed by atoms with van der Waals surface area (Å²) in [4.78, 5) is 14.5. The van der Waals surface area contributed by atoms with E-state index in [2.05, 4.69) is 41.3 Å². The molecule has 0 bridgehead atoms. The molecule has 2 nitrogen and oxygen atoms in total. The van der Waals surface area contributed by atoms with E-state index in [1.807, 2.05) is 6.07 Å². The van der Waals surface area contributed by atoms with Crippen LogP contribution in [0.1, 0.15) is 44.1 Å². The predicted molar refractivity (Wildman–Crippen MR) is 82.2 cm³/mol. The molecule has 2 heteroatoms. The van der Waals surface area contributed by atoms with Crippen molar-refractivity contribution in [1.82, 2.24) is 4.90 Å². The number of nitrogens with zero attached hydrogens (tertiary/aromatic N) is 1. The van der Waals surface area contributed by atoms with Crippen molar-refractivity contribution in [3.63, 3.8) is 0 Å². The highest BCUT2D eigenvalue weighted by Crippen LogP contribution is 2.32. The molecule has 20 heavy (non-hydrogen) atoms. The average molecular weight is 269 g/mol. The minimum Gasteiger partial charge on any atom is -0.339 e. The lowest BCUT2D eigenvalue weighted by Gasteiger charge is -2.32. The van der Waals surface area contributed by atoms with E-state index in [4.69, 9.17) is 0 Å². The molecule has 0 radical (unpaired) electrons. The van der Waals surface area contributed by atoms with Crippen LogP contribution in [0.4, 0.5) is 0 Å². The van der Waals surface area contributed by atoms with Crippen molar-refractivity contribution in [1.29, 1.82) is 0 Å². The fourth-order valence-corrected chi connectivity index (χ4v) is 3.19. The Balaban J connectivity index is 1.56. The van der Waals surface area contributed by atoms with Crippen molar-refractivity contribution in [2.24, 2.45) is 5.92 Å². The highest BCUT2D eigenvalue weighted by Gasteiger charge is 2.34. The van der Waals surface area contributed by atoms with Crippen LogP contribution in [0, 0.1) is 5.92 Å². The van der Waals surface area contributed by atoms with Gasteiger partial charge in [-0.1, -0.05) is 48.9 Å². The van der Waals surface area contributed by atoms with Crippen LogP contribution >= 0.6 is 0 Å². The summed E-state index contributed by atoms with van der Waals surface area (Å²) in [5.74, 6) is 0.764. The fraction of sp³-hybridized carbons (Fsp3) is 0.500. The van der Waals surface area contributed by atoms with Crippen molar-refractivity contribution >= 4 is 12.0 Å². The number of carbonyl (C=O) groups excluding carboxylic acids is 1. The Labute approximate surface area is 121 Å². The number of hydrogen-bond acceptors (Lipinski definition) is 1. The van der Waals surface area contributed by atoms with Crippen molar-refractivity contribution in [2.75, 3.05) is 6.54 Å². The zero-order chi connectivity index (χ0) is 13.8. The van der Waals surface area contributed by atoms with Gasteiger partial charge in [0.05, 0.1) is 0 Å². The van der Waals surface area contributed by atoms with Crippen LogP contribution in [0.5, 0.6) is 0 Å². The third-order valence-corrected chi connectivity index (χ3v) is 4.63. The number of carbonyl (C=O) groups is 1. The zero-order valence-electron chi connectivity index (χ0n) is 12.0. The Hall–Kier alpha value is -1.57. The first-order chi connectivity index (χ1) is 9.84. The maximum absolute atomic E-state index is 12.4. The first kappa shape index (κ1) is 13.4. The first-order valence-electron chi connectivity index (χ1n) is 7.86. The predicted octanol–water partition coefficient (Wildman–Crippen LogP) is 3.88. The Morgan fingerprint density at radius 2 is 1.95 bits per heavy atom. The molecule has 2 fully saturated rings. The number of hydrogen-bond donors (Lipinski definition) is 0. The van der Waals surface area contributed by atoms with Gasteiger partial charge in [0.25, 0.3) is 0 Å². The molecule has 1 aromatic rings. The topological polar surface area (TPSA) is 20.3 Å². The average Bonchev–Trinajstić information content (AvgIpc) is 2.86. The lowest BCUT2D eigenvalue weighted by atomic mass is 9.84. The molecular formula is C18H23NO. The van der Waals surface area contributed by atoms with E-state index in [-0.39, 0.29) is 0 Å². The molecule has 0 N–H and O–H groups in total. The van der Waals surface area contributed by atoms with E-state index in [0.717, 1.165) is 32.2 Å². The summed E-state index contributed by atoms with van der Waals surface area (Å²) in [6, 6.07) is 10.8. The van der Waals surface area contributed by atoms with Crippen LogP contribution < -0.4 is 0 Å². The quantitative estimate of drug-likeness (QED) is 0.812. The van der Waals surface area contributed by atoms with Crippen LogP contribution in [0.3, 0.4) is 0 Å². The van der Waals surface area contributed by atoms with Crippen LogP contribution in [0.15, 0.2) is 36.4 Å². The van der Waals surface area contributed by atoms with Gasteiger partial charge in [0.2, 0.25) is 5.91 Å². The monoisotopic (exact) mass is 269 g/mol. The smallest absolute Gasteiger partial charge is 0.225 e. The summed E-state index contributed by atoms with van der Waals surface area (Å²) in [7, 11) is 0. The summed E-state index contributed by atoms with van der Waals surface area (Å²) >= 11 is 0. The molecule has 1 aliphatic carbocycles. The molecule has 1 heterocycles. The lowest BCUT2D eigenvalue weighted by Crippen LogP contribution is -2.41. The molecule has 1 saturated carbocycles. The molecular weight excluding hydrogens is 246 g/mol. The van der Waals surface area contributed by atoms with Gasteiger partial charge in [-0.3, -0.25) is 4.79 Å². The van der Waals surface area contributed by atoms with Crippen LogP contribution in [-0.4, -0.2) is 23.4 Å². The third-order valence-electron chi connectivity index (χ3n) is 4.63. The largest absolute Gasteiger partial charge is 0.339 e. The van der Waals surface area contributed by atoms with Gasteiger partial charge in [0.1, 0.15) is 0 Å². The van der Waals surface area contributed by atoms with Gasteiger partial charge in [-0.25, -0.2) is 0 Å². The Kier molecular flexibility index (Phi) is 4.19. The fourth-order valence-electron chi connectivity index (χ4n) is 3.19. The standard InChI is InChI=1S/C18H23NO/c20-18(16-10-5-11-16)19-14-6-13-17(19)12-4-9-15-7-2-1-3-8-15/h1-4,7-9,16-17H,5-6,10-14H2/b9-4+. The number of benzene rings is 1. The van der Waals surface area contributed by atoms with Crippen molar-refractivity contribution in [3.8, 4) is 0 Å². The molecule has 1 aromatic carbocycles. The van der Waals surface area contributed by atoms with Gasteiger partial charge >= 0.3 is 0 Å². The minimum atomic E-state index is 0.341. The molecule has 1 aliphatic heterocycles. The summed E-state index contributed by atoms with van der Waals surface area (Å²) in [6.45, 7) is 0.971. The zero-order valence-corrected chi connectivity index (χ0v) is 12.0. The highest BCUT2D eigenvalue weighted by atomic mass is 16.2. The maximum Gasteiger partial charge on any atom is 0.225 e. The second-order valence-corrected chi connectivity index (χ2v) is 6.00. The van der Waals surface area contributed by atoms with Gasteiger partial charge < -0.3 is 4.90 Å². The van der Waals surface area contributed by atoms with E-state index >= 15 is 0 Å². The molecule has 1 unspecified atom stereocenters. The maximum atomic E-state index is 12.4. The Morgan fingerprint density at radius 1 is 1.15 bits per heavy atom. The molecule has 1 atom stereocenters. The van der Waals surface area contributed by atoms with Crippen LogP contribution in [0.25, 0.3) is 6.08 Å². The Bertz CT molecular complexity index is 475. The van der Waals surface area contributed by atoms with Crippen LogP contribution in [0.2, 0.25) is 0 Å². The van der Waals surface area contributed by atoms with Gasteiger partial charge in [0, 0.05) is 18.5 Å². The Morgan fingerprint density at radius 3 is 2.65 bits per heavy atom. The molecule has 0 spiro atoms. The van der Waals surface area contributed by atoms with E-state index in [0.29, 0.717) is 17.9 Å². The number of rotatable bonds is 4. The lowest BCUT2D eigenvalue weighted by molar-refractivity contribution is -0.138. The van der Waals surface area contributed by atoms with E-state index in [1.54, 1.807) is 0 Å². The van der Waals surface area contributed by atoms with Gasteiger partial charge in [-0.05, 0) is 37.7 Å². The van der Waals surface area contributed by atoms with E-state index < -0.39 is 0 Å². The summed E-state index contributed by atoms with van der Waals surface area (Å²) in [5, 5.41) is 0. The summed E-state index contributed by atoms with van der Waals surface area (Å²) in [6.07, 6.45) is 11.2. The SMILES string of the molecule is O=C(C1CCC1)N1CCCC1C/C=C/c1ccccc1. The molecule has 1 amide bonds. The molecule has 3 rings (SSSR count). The van der Waals surface area contributed by atoms with E-state index in [1.165, 1.54) is 18.4 Å². The van der Waals surface area contributed by atoms with E-state index in [9.17, 15) is 4.79 Å². The van der Waals surface area contributed by atoms with Gasteiger partial charge in [0.15, 0.2) is 0 Å². The second-order valence-electron chi connectivity index (χ2n) is 6.00. The summed E-state index contributed by atoms with van der Waals surface area (Å²) < 4.78 is 0. The van der Waals surface area contributed by atoms with Crippen molar-refractivity contribution in [3.05, 3.63) is 42.0 Å². The summed E-state index contributed by atoms with van der Waals surface area (Å²) in [5.41, 5.74) is 1.24. The highest BCUT2D eigenvalue weighted by molar-refractivity contribution is 5.80. The van der Waals surface area contributed by atoms with Crippen molar-refractivity contribution < 1.29 is 4.79 Å². The van der Waals surface area contributed by atoms with Crippen LogP contribution in [-0.2, 0) is 4.79 Å². The number of likely N-dealkylation sites (tertiary alicyclic amines) is 1. The van der Waals surface area contributed by atoms with Crippen molar-refractivity contribution in [2.45, 2.75) is 44.6 Å². The second kappa shape index (κ2) is 6.25. The molecule has 0 aromatic heterocycles. The molecule has 2 aliphatic rings. The normalized spacial score (nSPS) is 23.2. The number of amides is 1. The molecule has 106 valence electrons. The first-order valence-corrected chi connectivity index (χ1v) is 7.86. The van der Waals surface area contributed by atoms with Gasteiger partial charge in [-0.15, -0.1) is 0 Å². The minimum absolute atomic E-state index is 0.341. The molecule has 1 saturated heterocycles.